The zero-order valence-corrected chi connectivity index (χ0v) is 20.4. The van der Waals surface area contributed by atoms with Crippen molar-refractivity contribution in [3.05, 3.63) is 81.0 Å². The molecule has 4 aromatic rings. The SMILES string of the molecule is Cc1cc2c(cc1C(=O)N1Cc3ccccc3C[C@@H]1CCO)[nH]c(=O)c1cnc(C3CCOCC3)n12. The molecule has 1 fully saturated rings. The number of aromatic amines is 1. The maximum Gasteiger partial charge on any atom is 0.274 e. The van der Waals surface area contributed by atoms with Gasteiger partial charge in [0.15, 0.2) is 0 Å². The second kappa shape index (κ2) is 9.19. The number of aliphatic hydroxyl groups is 1. The summed E-state index contributed by atoms with van der Waals surface area (Å²) in [7, 11) is 0. The van der Waals surface area contributed by atoms with Crippen LogP contribution < -0.4 is 5.56 Å². The number of hydrogen-bond acceptors (Lipinski definition) is 5. The third kappa shape index (κ3) is 3.81. The summed E-state index contributed by atoms with van der Waals surface area (Å²) in [6, 6.07) is 11.9. The molecule has 2 aliphatic heterocycles. The Kier molecular flexibility index (Phi) is 5.85. The minimum atomic E-state index is -0.222. The van der Waals surface area contributed by atoms with Gasteiger partial charge in [0.2, 0.25) is 0 Å². The number of ether oxygens (including phenoxy) is 1. The van der Waals surface area contributed by atoms with E-state index in [1.165, 1.54) is 5.56 Å². The Labute approximate surface area is 208 Å². The lowest BCUT2D eigenvalue weighted by atomic mass is 9.91. The van der Waals surface area contributed by atoms with Gasteiger partial charge >= 0.3 is 0 Å². The lowest BCUT2D eigenvalue weighted by Crippen LogP contribution is -2.45. The van der Waals surface area contributed by atoms with Crippen molar-refractivity contribution in [2.45, 2.75) is 51.1 Å². The van der Waals surface area contributed by atoms with Crippen LogP contribution in [0.15, 0.2) is 47.4 Å². The fourth-order valence-corrected chi connectivity index (χ4v) is 5.80. The van der Waals surface area contributed by atoms with E-state index >= 15 is 0 Å². The van der Waals surface area contributed by atoms with Gasteiger partial charge in [-0.1, -0.05) is 24.3 Å². The molecule has 1 atom stereocenters. The highest BCUT2D eigenvalue weighted by Crippen LogP contribution is 2.31. The minimum Gasteiger partial charge on any atom is -0.396 e. The quantitative estimate of drug-likeness (QED) is 0.461. The number of nitrogens with one attached hydrogen (secondary N) is 1. The van der Waals surface area contributed by atoms with E-state index in [1.807, 2.05) is 34.4 Å². The molecule has 0 aliphatic carbocycles. The van der Waals surface area contributed by atoms with Crippen molar-refractivity contribution in [1.82, 2.24) is 19.3 Å². The van der Waals surface area contributed by atoms with Crippen molar-refractivity contribution in [3.63, 3.8) is 0 Å². The Hall–Kier alpha value is -3.49. The van der Waals surface area contributed by atoms with Crippen LogP contribution in [0.1, 0.15) is 58.1 Å². The van der Waals surface area contributed by atoms with E-state index in [-0.39, 0.29) is 30.0 Å². The Morgan fingerprint density at radius 2 is 1.94 bits per heavy atom. The normalized spacial score (nSPS) is 18.6. The molecular weight excluding hydrogens is 456 g/mol. The molecule has 186 valence electrons. The van der Waals surface area contributed by atoms with Crippen molar-refractivity contribution in [2.24, 2.45) is 0 Å². The number of imidazole rings is 1. The van der Waals surface area contributed by atoms with Crippen LogP contribution in [-0.4, -0.2) is 56.1 Å². The molecule has 0 spiro atoms. The van der Waals surface area contributed by atoms with Crippen molar-refractivity contribution >= 4 is 22.5 Å². The molecule has 8 nitrogen and oxygen atoms in total. The van der Waals surface area contributed by atoms with E-state index in [4.69, 9.17) is 4.74 Å². The molecule has 2 aliphatic rings. The average molecular weight is 487 g/mol. The van der Waals surface area contributed by atoms with Crippen molar-refractivity contribution in [2.75, 3.05) is 19.8 Å². The molecule has 8 heteroatoms. The molecule has 1 saturated heterocycles. The summed E-state index contributed by atoms with van der Waals surface area (Å²) in [5.41, 5.74) is 5.51. The topological polar surface area (TPSA) is 99.9 Å². The van der Waals surface area contributed by atoms with Crippen molar-refractivity contribution in [1.29, 1.82) is 0 Å². The van der Waals surface area contributed by atoms with Crippen LogP contribution in [0, 0.1) is 6.92 Å². The number of aryl methyl sites for hydroxylation is 1. The molecular formula is C28H30N4O4. The molecule has 0 unspecified atom stereocenters. The summed E-state index contributed by atoms with van der Waals surface area (Å²) in [5.74, 6) is 1.01. The van der Waals surface area contributed by atoms with Crippen molar-refractivity contribution in [3.8, 4) is 0 Å². The van der Waals surface area contributed by atoms with Gasteiger partial charge in [-0.2, -0.15) is 0 Å². The maximum absolute atomic E-state index is 13.9. The molecule has 2 N–H and O–H groups in total. The minimum absolute atomic E-state index is 0.0221. The number of fused-ring (bicyclic) bond motifs is 4. The van der Waals surface area contributed by atoms with E-state index in [2.05, 4.69) is 22.1 Å². The zero-order chi connectivity index (χ0) is 24.8. The van der Waals surface area contributed by atoms with Crippen LogP contribution in [0.4, 0.5) is 0 Å². The second-order valence-electron chi connectivity index (χ2n) is 9.93. The number of aliphatic hydroxyl groups excluding tert-OH is 1. The maximum atomic E-state index is 13.9. The first-order chi connectivity index (χ1) is 17.5. The van der Waals surface area contributed by atoms with Crippen LogP contribution in [0.2, 0.25) is 0 Å². The Balaban J connectivity index is 1.44. The molecule has 6 rings (SSSR count). The summed E-state index contributed by atoms with van der Waals surface area (Å²) >= 11 is 0. The highest BCUT2D eigenvalue weighted by Gasteiger charge is 2.31. The molecule has 2 aromatic heterocycles. The lowest BCUT2D eigenvalue weighted by Gasteiger charge is -2.37. The number of benzene rings is 2. The van der Waals surface area contributed by atoms with E-state index in [1.54, 1.807) is 12.3 Å². The Bertz CT molecular complexity index is 1520. The van der Waals surface area contributed by atoms with Crippen LogP contribution in [0.25, 0.3) is 16.6 Å². The van der Waals surface area contributed by atoms with Gasteiger partial charge in [0, 0.05) is 43.9 Å². The lowest BCUT2D eigenvalue weighted by molar-refractivity contribution is 0.0605. The predicted octanol–water partition coefficient (Wildman–Crippen LogP) is 3.33. The number of H-pyrrole nitrogens is 1. The standard InChI is InChI=1S/C28H30N4O4/c1-17-12-24-23(30-27(34)25-15-29-26(32(24)25)18-7-10-36-11-8-18)14-22(17)28(35)31-16-20-5-3-2-4-19(20)13-21(31)6-9-33/h2-5,12,14-15,18,21,33H,6-11,13,16H2,1H3,(H,30,34)/t21-/m0/s1. The number of amides is 1. The van der Waals surface area contributed by atoms with Gasteiger partial charge < -0.3 is 19.7 Å². The first-order valence-corrected chi connectivity index (χ1v) is 12.7. The van der Waals surface area contributed by atoms with Gasteiger partial charge in [-0.3, -0.25) is 14.0 Å². The van der Waals surface area contributed by atoms with E-state index in [0.717, 1.165) is 41.7 Å². The Morgan fingerprint density at radius 3 is 2.72 bits per heavy atom. The van der Waals surface area contributed by atoms with E-state index < -0.39 is 0 Å². The largest absolute Gasteiger partial charge is 0.396 e. The monoisotopic (exact) mass is 486 g/mol. The number of aromatic nitrogens is 3. The molecule has 36 heavy (non-hydrogen) atoms. The summed E-state index contributed by atoms with van der Waals surface area (Å²) < 4.78 is 7.48. The summed E-state index contributed by atoms with van der Waals surface area (Å²) in [6.07, 6.45) is 4.61. The highest BCUT2D eigenvalue weighted by molar-refractivity contribution is 5.99. The Morgan fingerprint density at radius 1 is 1.17 bits per heavy atom. The third-order valence-electron chi connectivity index (χ3n) is 7.75. The van der Waals surface area contributed by atoms with Gasteiger partial charge in [0.05, 0.1) is 17.2 Å². The van der Waals surface area contributed by atoms with Crippen LogP contribution in [0.3, 0.4) is 0 Å². The molecule has 0 bridgehead atoms. The van der Waals surface area contributed by atoms with Gasteiger partial charge in [-0.15, -0.1) is 0 Å². The van der Waals surface area contributed by atoms with Gasteiger partial charge in [0.25, 0.3) is 11.5 Å². The number of carbonyl (C=O) groups is 1. The third-order valence-corrected chi connectivity index (χ3v) is 7.75. The molecule has 2 aromatic carbocycles. The number of nitrogens with zero attached hydrogens (tertiary/aromatic N) is 3. The fourth-order valence-electron chi connectivity index (χ4n) is 5.80. The molecule has 0 radical (unpaired) electrons. The first-order valence-electron chi connectivity index (χ1n) is 12.7. The molecule has 0 saturated carbocycles. The van der Waals surface area contributed by atoms with E-state index in [9.17, 15) is 14.7 Å². The number of carbonyl (C=O) groups excluding carboxylic acids is 1. The van der Waals surface area contributed by atoms with Gasteiger partial charge in [0.1, 0.15) is 11.3 Å². The summed E-state index contributed by atoms with van der Waals surface area (Å²) in [5, 5.41) is 9.68. The summed E-state index contributed by atoms with van der Waals surface area (Å²) in [4.78, 5) is 36.3. The van der Waals surface area contributed by atoms with Crippen LogP contribution in [0.5, 0.6) is 0 Å². The van der Waals surface area contributed by atoms with Crippen molar-refractivity contribution < 1.29 is 14.6 Å². The molecule has 1 amide bonds. The van der Waals surface area contributed by atoms with Gasteiger partial charge in [-0.05, 0) is 61.4 Å². The van der Waals surface area contributed by atoms with Gasteiger partial charge in [-0.25, -0.2) is 4.98 Å². The van der Waals surface area contributed by atoms with Crippen LogP contribution in [-0.2, 0) is 17.7 Å². The fraction of sp³-hybridized carbons (Fsp3) is 0.393. The van der Waals surface area contributed by atoms with E-state index in [0.29, 0.717) is 42.8 Å². The van der Waals surface area contributed by atoms with Crippen LogP contribution >= 0.6 is 0 Å². The zero-order valence-electron chi connectivity index (χ0n) is 20.4. The number of rotatable bonds is 4. The highest BCUT2D eigenvalue weighted by atomic mass is 16.5. The average Bonchev–Trinajstić information content (AvgIpc) is 3.35. The first kappa shape index (κ1) is 22.9. The second-order valence-corrected chi connectivity index (χ2v) is 9.93. The smallest absolute Gasteiger partial charge is 0.274 e. The molecule has 4 heterocycles. The summed E-state index contributed by atoms with van der Waals surface area (Å²) in [6.45, 7) is 3.84. The number of hydrogen-bond donors (Lipinski definition) is 2. The predicted molar refractivity (Wildman–Crippen MR) is 136 cm³/mol.